The van der Waals surface area contributed by atoms with E-state index in [2.05, 4.69) is 4.99 Å². The van der Waals surface area contributed by atoms with E-state index in [4.69, 9.17) is 34.7 Å². The zero-order chi connectivity index (χ0) is 24.3. The Labute approximate surface area is 201 Å². The van der Waals surface area contributed by atoms with Crippen LogP contribution in [-0.4, -0.2) is 31.4 Å². The molecule has 14 heteroatoms. The molecule has 0 aliphatic carbocycles. The number of hydrogen-bond donors (Lipinski definition) is 2. The molecular formula is C19H16Cl2F3N5O2S2. The summed E-state index contributed by atoms with van der Waals surface area (Å²) in [5, 5.41) is 1.24. The summed E-state index contributed by atoms with van der Waals surface area (Å²) in [6.07, 6.45) is -0.865. The molecule has 4 rings (SSSR count). The number of hydrogen-bond acceptors (Lipinski definition) is 8. The molecule has 2 unspecified atom stereocenters. The highest BCUT2D eigenvalue weighted by Crippen LogP contribution is 2.48. The Bertz CT molecular complexity index is 1260. The number of sulfone groups is 1. The van der Waals surface area contributed by atoms with Crippen molar-refractivity contribution in [3.63, 3.8) is 0 Å². The minimum Gasteiger partial charge on any atom is -0.311 e. The van der Waals surface area contributed by atoms with Crippen LogP contribution in [0.5, 0.6) is 0 Å². The Morgan fingerprint density at radius 1 is 1.03 bits per heavy atom. The van der Waals surface area contributed by atoms with E-state index in [-0.39, 0.29) is 0 Å². The minimum atomic E-state index is -5.47. The van der Waals surface area contributed by atoms with Crippen LogP contribution in [0.3, 0.4) is 0 Å². The van der Waals surface area contributed by atoms with Gasteiger partial charge in [0.25, 0.3) is 9.84 Å². The number of nitrogens with two attached hydrogens (primary N) is 2. The van der Waals surface area contributed by atoms with Crippen molar-refractivity contribution in [3.05, 3.63) is 63.2 Å². The Morgan fingerprint density at radius 3 is 2.15 bits per heavy atom. The first-order valence-corrected chi connectivity index (χ1v) is 12.4. The Kier molecular flexibility index (Phi) is 6.13. The van der Waals surface area contributed by atoms with E-state index in [1.807, 2.05) is 0 Å². The SMILES string of the molecule is CC1=NC2=C(C(N)N1c1ccc(S(=O)(=O)C(F)(F)F)cc1)N(c1c(Cl)cccc1Cl)C(N)S2. The number of alkyl halides is 3. The average molecular weight is 538 g/mol. The second-order valence-corrected chi connectivity index (χ2v) is 10.9. The molecule has 0 spiro atoms. The molecule has 2 aromatic rings. The second kappa shape index (κ2) is 8.36. The van der Waals surface area contributed by atoms with Crippen molar-refractivity contribution in [3.8, 4) is 0 Å². The smallest absolute Gasteiger partial charge is 0.311 e. The first kappa shape index (κ1) is 24.2. The molecule has 2 aliphatic rings. The summed E-state index contributed by atoms with van der Waals surface area (Å²) in [6.45, 7) is 1.67. The molecule has 4 N–H and O–H groups in total. The van der Waals surface area contributed by atoms with E-state index in [1.165, 1.54) is 23.9 Å². The number of rotatable bonds is 3. The van der Waals surface area contributed by atoms with Crippen LogP contribution in [-0.2, 0) is 9.84 Å². The summed E-state index contributed by atoms with van der Waals surface area (Å²) in [7, 11) is -5.47. The van der Waals surface area contributed by atoms with Crippen LogP contribution in [0.4, 0.5) is 24.5 Å². The van der Waals surface area contributed by atoms with Crippen LogP contribution in [0.1, 0.15) is 6.92 Å². The highest BCUT2D eigenvalue weighted by atomic mass is 35.5. The molecule has 2 aromatic carbocycles. The monoisotopic (exact) mass is 537 g/mol. The third-order valence-electron chi connectivity index (χ3n) is 5.04. The van der Waals surface area contributed by atoms with E-state index in [1.54, 1.807) is 34.9 Å². The third kappa shape index (κ3) is 3.98. The molecule has 0 saturated carbocycles. The van der Waals surface area contributed by atoms with Crippen LogP contribution >= 0.6 is 35.0 Å². The van der Waals surface area contributed by atoms with Crippen molar-refractivity contribution < 1.29 is 21.6 Å². The number of thioether (sulfide) groups is 1. The molecule has 0 radical (unpaired) electrons. The third-order valence-corrected chi connectivity index (χ3v) is 8.13. The van der Waals surface area contributed by atoms with E-state index in [9.17, 15) is 21.6 Å². The van der Waals surface area contributed by atoms with Gasteiger partial charge in [-0.3, -0.25) is 0 Å². The predicted molar refractivity (Wildman–Crippen MR) is 125 cm³/mol. The highest BCUT2D eigenvalue weighted by Gasteiger charge is 2.47. The number of aliphatic imine (C=N–C) groups is 1. The molecule has 2 heterocycles. The Morgan fingerprint density at radius 2 is 1.61 bits per heavy atom. The number of nitrogens with zero attached hydrogens (tertiary/aromatic N) is 3. The van der Waals surface area contributed by atoms with Crippen molar-refractivity contribution in [2.45, 2.75) is 29.0 Å². The maximum atomic E-state index is 12.9. The number of halogens is 5. The number of benzene rings is 2. The lowest BCUT2D eigenvalue weighted by atomic mass is 10.1. The van der Waals surface area contributed by atoms with Gasteiger partial charge < -0.3 is 21.3 Å². The molecule has 2 aliphatic heterocycles. The largest absolute Gasteiger partial charge is 0.501 e. The van der Waals surface area contributed by atoms with Gasteiger partial charge in [0.2, 0.25) is 0 Å². The molecule has 0 bridgehead atoms. The van der Waals surface area contributed by atoms with Crippen molar-refractivity contribution in [1.29, 1.82) is 0 Å². The summed E-state index contributed by atoms with van der Waals surface area (Å²) in [5.41, 5.74) is 8.14. The maximum Gasteiger partial charge on any atom is 0.501 e. The Hall–Kier alpha value is -1.96. The standard InChI is InChI=1S/C19H16Cl2F3N5O2S2/c1-9-27-17-15(29(18(26)32-17)14-12(20)3-2-4-13(14)21)16(25)28(9)10-5-7-11(8-6-10)33(30,31)19(22,23)24/h2-8,16,18H,25-26H2,1H3. The molecule has 2 atom stereocenters. The lowest BCUT2D eigenvalue weighted by molar-refractivity contribution is -0.0436. The van der Waals surface area contributed by atoms with Gasteiger partial charge in [-0.05, 0) is 43.3 Å². The summed E-state index contributed by atoms with van der Waals surface area (Å²) >= 11 is 14.0. The molecule has 0 fully saturated rings. The van der Waals surface area contributed by atoms with Crippen molar-refractivity contribution >= 4 is 62.0 Å². The van der Waals surface area contributed by atoms with Crippen LogP contribution in [0, 0.1) is 0 Å². The average Bonchev–Trinajstić information content (AvgIpc) is 3.03. The van der Waals surface area contributed by atoms with Gasteiger partial charge in [-0.15, -0.1) is 0 Å². The summed E-state index contributed by atoms with van der Waals surface area (Å²) in [4.78, 5) is 6.90. The van der Waals surface area contributed by atoms with Gasteiger partial charge in [0.15, 0.2) is 0 Å². The van der Waals surface area contributed by atoms with E-state index in [0.717, 1.165) is 12.1 Å². The second-order valence-electron chi connectivity index (χ2n) is 7.06. The van der Waals surface area contributed by atoms with Gasteiger partial charge in [0.1, 0.15) is 22.5 Å². The van der Waals surface area contributed by atoms with Gasteiger partial charge in [0, 0.05) is 5.69 Å². The lowest BCUT2D eigenvalue weighted by Gasteiger charge is -2.38. The fourth-order valence-electron chi connectivity index (χ4n) is 3.58. The first-order chi connectivity index (χ1) is 15.3. The number of anilines is 2. The quantitative estimate of drug-likeness (QED) is 0.594. The fourth-order valence-corrected chi connectivity index (χ4v) is 6.00. The van der Waals surface area contributed by atoms with Gasteiger partial charge in [-0.25, -0.2) is 13.4 Å². The molecule has 0 aromatic heterocycles. The number of para-hydroxylation sites is 1. The zero-order valence-electron chi connectivity index (χ0n) is 16.7. The van der Waals surface area contributed by atoms with Crippen LogP contribution in [0.15, 0.2) is 63.1 Å². The fraction of sp³-hybridized carbons (Fsp3) is 0.211. The molecular weight excluding hydrogens is 522 g/mol. The molecule has 33 heavy (non-hydrogen) atoms. The molecule has 0 amide bonds. The van der Waals surface area contributed by atoms with Crippen LogP contribution in [0.25, 0.3) is 0 Å². The minimum absolute atomic E-state index is 0.340. The van der Waals surface area contributed by atoms with Gasteiger partial charge in [-0.1, -0.05) is 41.0 Å². The predicted octanol–water partition coefficient (Wildman–Crippen LogP) is 4.47. The van der Waals surface area contributed by atoms with E-state index >= 15 is 0 Å². The first-order valence-electron chi connectivity index (χ1n) is 9.26. The summed E-state index contributed by atoms with van der Waals surface area (Å²) in [5.74, 6) is 0.444. The lowest BCUT2D eigenvalue weighted by Crippen LogP contribution is -2.53. The molecule has 7 nitrogen and oxygen atoms in total. The van der Waals surface area contributed by atoms with Crippen molar-refractivity contribution in [2.75, 3.05) is 9.80 Å². The topological polar surface area (TPSA) is 105 Å². The molecule has 176 valence electrons. The van der Waals surface area contributed by atoms with E-state index in [0.29, 0.717) is 38.0 Å². The van der Waals surface area contributed by atoms with Gasteiger partial charge in [0.05, 0.1) is 26.3 Å². The van der Waals surface area contributed by atoms with Crippen LogP contribution < -0.4 is 21.3 Å². The summed E-state index contributed by atoms with van der Waals surface area (Å²) in [6, 6.07) is 9.21. The summed E-state index contributed by atoms with van der Waals surface area (Å²) < 4.78 is 62.0. The van der Waals surface area contributed by atoms with Crippen LogP contribution in [0.2, 0.25) is 10.0 Å². The van der Waals surface area contributed by atoms with Gasteiger partial charge in [-0.2, -0.15) is 13.2 Å². The van der Waals surface area contributed by atoms with Crippen molar-refractivity contribution in [2.24, 2.45) is 16.5 Å². The normalized spacial score (nSPS) is 21.4. The van der Waals surface area contributed by atoms with Gasteiger partial charge >= 0.3 is 5.51 Å². The maximum absolute atomic E-state index is 12.9. The highest BCUT2D eigenvalue weighted by molar-refractivity contribution is 8.04. The Balaban J connectivity index is 1.74. The van der Waals surface area contributed by atoms with Crippen molar-refractivity contribution in [1.82, 2.24) is 0 Å². The molecule has 0 saturated heterocycles. The zero-order valence-corrected chi connectivity index (χ0v) is 19.9. The number of amidine groups is 1. The van der Waals surface area contributed by atoms with E-state index < -0.39 is 31.9 Å².